The summed E-state index contributed by atoms with van der Waals surface area (Å²) in [6, 6.07) is 9.86. The van der Waals surface area contributed by atoms with Crippen molar-refractivity contribution in [3.8, 4) is 0 Å². The minimum atomic E-state index is -3.69. The molecule has 0 aliphatic heterocycles. The number of methoxy groups -OCH3 is 1. The molecule has 0 saturated heterocycles. The van der Waals surface area contributed by atoms with Crippen LogP contribution in [0.3, 0.4) is 0 Å². The Kier molecular flexibility index (Phi) is 6.84. The molecular weight excluding hydrogens is 448 g/mol. The van der Waals surface area contributed by atoms with Crippen LogP contribution in [-0.2, 0) is 19.6 Å². The predicted molar refractivity (Wildman–Crippen MR) is 112 cm³/mol. The second-order valence-electron chi connectivity index (χ2n) is 6.22. The number of hydrogen-bond acceptors (Lipinski definition) is 5. The smallest absolute Gasteiger partial charge is 0.338 e. The molecule has 7 nitrogen and oxygen atoms in total. The maximum atomic E-state index is 12.6. The average molecular weight is 469 g/mol. The lowest BCUT2D eigenvalue weighted by Gasteiger charge is -2.23. The normalized spacial score (nSPS) is 11.0. The number of carbonyl (C=O) groups excluding carboxylic acids is 2. The molecule has 150 valence electrons. The van der Waals surface area contributed by atoms with Gasteiger partial charge in [-0.25, -0.2) is 13.2 Å². The Hall–Kier alpha value is -2.39. The summed E-state index contributed by atoms with van der Waals surface area (Å²) in [7, 11) is -2.41. The Morgan fingerprint density at radius 3 is 2.43 bits per heavy atom. The molecule has 1 amide bonds. The number of halogens is 1. The second-order valence-corrected chi connectivity index (χ2v) is 8.98. The van der Waals surface area contributed by atoms with Gasteiger partial charge in [-0.1, -0.05) is 22.0 Å². The van der Waals surface area contributed by atoms with Gasteiger partial charge in [0.1, 0.15) is 6.54 Å². The molecule has 0 saturated carbocycles. The number of amides is 1. The number of carbonyl (C=O) groups is 2. The molecule has 0 aliphatic carbocycles. The van der Waals surface area contributed by atoms with Crippen LogP contribution in [0.25, 0.3) is 0 Å². The van der Waals surface area contributed by atoms with E-state index in [4.69, 9.17) is 4.74 Å². The van der Waals surface area contributed by atoms with Gasteiger partial charge in [0.15, 0.2) is 0 Å². The van der Waals surface area contributed by atoms with E-state index in [1.165, 1.54) is 7.11 Å². The Morgan fingerprint density at radius 2 is 1.86 bits per heavy atom. The van der Waals surface area contributed by atoms with Crippen LogP contribution in [0.15, 0.2) is 40.9 Å². The van der Waals surface area contributed by atoms with E-state index in [2.05, 4.69) is 21.2 Å². The van der Waals surface area contributed by atoms with Gasteiger partial charge in [-0.2, -0.15) is 0 Å². The lowest BCUT2D eigenvalue weighted by Crippen LogP contribution is -2.37. The standard InChI is InChI=1S/C19H21BrN2O5S/c1-12-10-14(8-9-16(12)20)22(28(4,25)26)11-18(23)21-17-7-5-6-15(13(17)2)19(24)27-3/h5-10H,11H2,1-4H3,(H,21,23). The molecule has 28 heavy (non-hydrogen) atoms. The fourth-order valence-corrected chi connectivity index (χ4v) is 3.70. The van der Waals surface area contributed by atoms with E-state index >= 15 is 0 Å². The Balaban J connectivity index is 2.28. The van der Waals surface area contributed by atoms with Crippen LogP contribution in [0.5, 0.6) is 0 Å². The molecule has 1 N–H and O–H groups in total. The summed E-state index contributed by atoms with van der Waals surface area (Å²) < 4.78 is 31.1. The number of aryl methyl sites for hydroxylation is 1. The third-order valence-corrected chi connectivity index (χ3v) is 6.16. The zero-order chi connectivity index (χ0) is 21.1. The van der Waals surface area contributed by atoms with Gasteiger partial charge >= 0.3 is 5.97 Å². The fourth-order valence-electron chi connectivity index (χ4n) is 2.61. The van der Waals surface area contributed by atoms with Crippen molar-refractivity contribution in [3.63, 3.8) is 0 Å². The minimum Gasteiger partial charge on any atom is -0.465 e. The SMILES string of the molecule is COC(=O)c1cccc(NC(=O)CN(c2ccc(Br)c(C)c2)S(C)(=O)=O)c1C. The van der Waals surface area contributed by atoms with E-state index in [9.17, 15) is 18.0 Å². The van der Waals surface area contributed by atoms with Crippen LogP contribution >= 0.6 is 15.9 Å². The summed E-state index contributed by atoms with van der Waals surface area (Å²) in [6.45, 7) is 3.10. The minimum absolute atomic E-state index is 0.323. The topological polar surface area (TPSA) is 92.8 Å². The van der Waals surface area contributed by atoms with Gasteiger partial charge in [0.25, 0.3) is 0 Å². The van der Waals surface area contributed by atoms with Crippen LogP contribution in [0.1, 0.15) is 21.5 Å². The van der Waals surface area contributed by atoms with Crippen molar-refractivity contribution in [1.82, 2.24) is 0 Å². The van der Waals surface area contributed by atoms with Crippen molar-refractivity contribution < 1.29 is 22.7 Å². The first kappa shape index (κ1) is 21.9. The molecular formula is C19H21BrN2O5S. The zero-order valence-electron chi connectivity index (χ0n) is 15.9. The molecule has 0 fully saturated rings. The third-order valence-electron chi connectivity index (χ3n) is 4.13. The van der Waals surface area contributed by atoms with Crippen LogP contribution in [0, 0.1) is 13.8 Å². The number of anilines is 2. The average Bonchev–Trinajstić information content (AvgIpc) is 2.62. The van der Waals surface area contributed by atoms with Crippen molar-refractivity contribution in [3.05, 3.63) is 57.6 Å². The van der Waals surface area contributed by atoms with Crippen LogP contribution in [0.2, 0.25) is 0 Å². The van der Waals surface area contributed by atoms with Crippen molar-refractivity contribution in [1.29, 1.82) is 0 Å². The number of sulfonamides is 1. The summed E-state index contributed by atoms with van der Waals surface area (Å²) in [5.41, 5.74) is 2.50. The van der Waals surface area contributed by atoms with Crippen molar-refractivity contribution in [2.75, 3.05) is 29.5 Å². The molecule has 0 aromatic heterocycles. The largest absolute Gasteiger partial charge is 0.465 e. The molecule has 2 aromatic rings. The Morgan fingerprint density at radius 1 is 1.18 bits per heavy atom. The molecule has 0 spiro atoms. The van der Waals surface area contributed by atoms with Crippen molar-refractivity contribution >= 4 is 49.2 Å². The van der Waals surface area contributed by atoms with Gasteiger partial charge in [0.05, 0.1) is 24.6 Å². The molecule has 2 rings (SSSR count). The molecule has 0 radical (unpaired) electrons. The molecule has 0 heterocycles. The first-order valence-corrected chi connectivity index (χ1v) is 10.9. The summed E-state index contributed by atoms with van der Waals surface area (Å²) in [6.07, 6.45) is 1.04. The van der Waals surface area contributed by atoms with E-state index in [0.717, 1.165) is 20.6 Å². The lowest BCUT2D eigenvalue weighted by atomic mass is 10.1. The lowest BCUT2D eigenvalue weighted by molar-refractivity contribution is -0.114. The molecule has 9 heteroatoms. The van der Waals surface area contributed by atoms with E-state index in [-0.39, 0.29) is 0 Å². The predicted octanol–water partition coefficient (Wildman–Crippen LogP) is 3.26. The number of nitrogens with zero attached hydrogens (tertiary/aromatic N) is 1. The molecule has 2 aromatic carbocycles. The maximum Gasteiger partial charge on any atom is 0.338 e. The first-order valence-electron chi connectivity index (χ1n) is 8.26. The van der Waals surface area contributed by atoms with E-state index < -0.39 is 28.4 Å². The van der Waals surface area contributed by atoms with Crippen molar-refractivity contribution in [2.45, 2.75) is 13.8 Å². The summed E-state index contributed by atoms with van der Waals surface area (Å²) >= 11 is 3.37. The highest BCUT2D eigenvalue weighted by molar-refractivity contribution is 9.10. The fraction of sp³-hybridized carbons (Fsp3) is 0.263. The Labute approximate surface area is 172 Å². The number of benzene rings is 2. The van der Waals surface area contributed by atoms with Gasteiger partial charge in [0.2, 0.25) is 15.9 Å². The third kappa shape index (κ3) is 5.11. The van der Waals surface area contributed by atoms with Gasteiger partial charge < -0.3 is 10.1 Å². The Bertz CT molecular complexity index is 1020. The van der Waals surface area contributed by atoms with Crippen LogP contribution in [0.4, 0.5) is 11.4 Å². The molecule has 0 atom stereocenters. The van der Waals surface area contributed by atoms with Crippen LogP contribution in [-0.4, -0.2) is 40.2 Å². The van der Waals surface area contributed by atoms with E-state index in [1.54, 1.807) is 43.3 Å². The summed E-state index contributed by atoms with van der Waals surface area (Å²) in [5.74, 6) is -1.05. The quantitative estimate of drug-likeness (QED) is 0.656. The van der Waals surface area contributed by atoms with Gasteiger partial charge in [0, 0.05) is 10.2 Å². The highest BCUT2D eigenvalue weighted by Gasteiger charge is 2.22. The highest BCUT2D eigenvalue weighted by Crippen LogP contribution is 2.25. The monoisotopic (exact) mass is 468 g/mol. The summed E-state index contributed by atoms with van der Waals surface area (Å²) in [5, 5.41) is 2.67. The van der Waals surface area contributed by atoms with E-state index in [1.807, 2.05) is 6.92 Å². The number of rotatable bonds is 6. The number of esters is 1. The molecule has 0 bridgehead atoms. The highest BCUT2D eigenvalue weighted by atomic mass is 79.9. The van der Waals surface area contributed by atoms with Gasteiger partial charge in [-0.05, 0) is 55.3 Å². The van der Waals surface area contributed by atoms with Gasteiger partial charge in [-0.3, -0.25) is 9.10 Å². The number of ether oxygens (including phenoxy) is 1. The molecule has 0 unspecified atom stereocenters. The second kappa shape index (κ2) is 8.74. The number of hydrogen-bond donors (Lipinski definition) is 1. The first-order chi connectivity index (χ1) is 13.0. The summed E-state index contributed by atoms with van der Waals surface area (Å²) in [4.78, 5) is 24.4. The van der Waals surface area contributed by atoms with Crippen LogP contribution < -0.4 is 9.62 Å². The van der Waals surface area contributed by atoms with Crippen molar-refractivity contribution in [2.24, 2.45) is 0 Å². The molecule has 0 aliphatic rings. The van der Waals surface area contributed by atoms with Gasteiger partial charge in [-0.15, -0.1) is 0 Å². The zero-order valence-corrected chi connectivity index (χ0v) is 18.3. The number of nitrogens with one attached hydrogen (secondary N) is 1. The van der Waals surface area contributed by atoms with E-state index in [0.29, 0.717) is 22.5 Å². The maximum absolute atomic E-state index is 12.6.